The Morgan fingerprint density at radius 3 is 2.83 bits per heavy atom. The SMILES string of the molecule is N#CC1CC(c2nc3c(cnn3-c3ccc(F)cc3F)c(=O)[nH]2)C1. The number of nitriles is 1. The van der Waals surface area contributed by atoms with Gasteiger partial charge in [-0.3, -0.25) is 4.79 Å². The summed E-state index contributed by atoms with van der Waals surface area (Å²) in [5, 5.41) is 13.1. The van der Waals surface area contributed by atoms with Crippen LogP contribution in [0.4, 0.5) is 8.78 Å². The van der Waals surface area contributed by atoms with E-state index >= 15 is 0 Å². The molecule has 0 atom stereocenters. The predicted octanol–water partition coefficient (Wildman–Crippen LogP) is 2.40. The van der Waals surface area contributed by atoms with Gasteiger partial charge in [0.2, 0.25) is 0 Å². The first kappa shape index (κ1) is 14.5. The Morgan fingerprint density at radius 2 is 2.12 bits per heavy atom. The third kappa shape index (κ3) is 2.17. The van der Waals surface area contributed by atoms with Crippen LogP contribution in [0.3, 0.4) is 0 Å². The quantitative estimate of drug-likeness (QED) is 0.783. The minimum atomic E-state index is -0.795. The van der Waals surface area contributed by atoms with E-state index in [4.69, 9.17) is 5.26 Å². The molecular weight excluding hydrogens is 316 g/mol. The lowest BCUT2D eigenvalue weighted by Gasteiger charge is -2.29. The van der Waals surface area contributed by atoms with E-state index in [1.807, 2.05) is 0 Å². The lowest BCUT2D eigenvalue weighted by atomic mass is 9.75. The zero-order chi connectivity index (χ0) is 16.8. The molecule has 0 bridgehead atoms. The fourth-order valence-corrected chi connectivity index (χ4v) is 2.90. The molecule has 24 heavy (non-hydrogen) atoms. The fraction of sp³-hybridized carbons (Fsp3) is 0.250. The molecule has 2 heterocycles. The summed E-state index contributed by atoms with van der Waals surface area (Å²) in [6.45, 7) is 0. The highest BCUT2D eigenvalue weighted by atomic mass is 19.1. The van der Waals surface area contributed by atoms with Crippen molar-refractivity contribution in [1.29, 1.82) is 5.26 Å². The Balaban J connectivity index is 1.85. The molecule has 1 aliphatic carbocycles. The van der Waals surface area contributed by atoms with Crippen molar-refractivity contribution in [1.82, 2.24) is 19.7 Å². The van der Waals surface area contributed by atoms with Crippen LogP contribution in [0.2, 0.25) is 0 Å². The van der Waals surface area contributed by atoms with Crippen LogP contribution in [-0.4, -0.2) is 19.7 Å². The Morgan fingerprint density at radius 1 is 1.33 bits per heavy atom. The van der Waals surface area contributed by atoms with Gasteiger partial charge in [-0.25, -0.2) is 18.4 Å². The zero-order valence-corrected chi connectivity index (χ0v) is 12.3. The van der Waals surface area contributed by atoms with Crippen LogP contribution in [0.1, 0.15) is 24.6 Å². The van der Waals surface area contributed by atoms with Crippen molar-refractivity contribution >= 4 is 11.0 Å². The van der Waals surface area contributed by atoms with Crippen molar-refractivity contribution in [2.24, 2.45) is 5.92 Å². The Kier molecular flexibility index (Phi) is 3.16. The standard InChI is InChI=1S/C16H11F2N5O/c17-10-1-2-13(12(18)5-10)23-15-11(7-20-23)16(24)22-14(21-15)9-3-8(4-9)6-19/h1-2,5,7-9H,3-4H2,(H,21,22,24). The van der Waals surface area contributed by atoms with Crippen molar-refractivity contribution in [2.75, 3.05) is 0 Å². The molecule has 0 saturated heterocycles. The molecule has 120 valence electrons. The van der Waals surface area contributed by atoms with Crippen LogP contribution in [0.25, 0.3) is 16.7 Å². The van der Waals surface area contributed by atoms with E-state index in [2.05, 4.69) is 21.1 Å². The van der Waals surface area contributed by atoms with Crippen LogP contribution in [0.15, 0.2) is 29.2 Å². The summed E-state index contributed by atoms with van der Waals surface area (Å²) >= 11 is 0. The van der Waals surface area contributed by atoms with Crippen LogP contribution >= 0.6 is 0 Å². The summed E-state index contributed by atoms with van der Waals surface area (Å²) in [6, 6.07) is 5.29. The monoisotopic (exact) mass is 327 g/mol. The minimum Gasteiger partial charge on any atom is -0.310 e. The Bertz CT molecular complexity index is 1040. The number of rotatable bonds is 2. The van der Waals surface area contributed by atoms with E-state index in [-0.39, 0.29) is 34.1 Å². The van der Waals surface area contributed by atoms with E-state index < -0.39 is 11.6 Å². The summed E-state index contributed by atoms with van der Waals surface area (Å²) in [7, 11) is 0. The summed E-state index contributed by atoms with van der Waals surface area (Å²) in [6.07, 6.45) is 2.56. The maximum absolute atomic E-state index is 14.0. The molecule has 0 radical (unpaired) electrons. The van der Waals surface area contributed by atoms with Gasteiger partial charge in [-0.2, -0.15) is 10.4 Å². The van der Waals surface area contributed by atoms with Crippen molar-refractivity contribution in [3.8, 4) is 11.8 Å². The maximum Gasteiger partial charge on any atom is 0.262 e. The number of nitrogens with one attached hydrogen (secondary N) is 1. The molecular formula is C16H11F2N5O. The highest BCUT2D eigenvalue weighted by Gasteiger charge is 2.32. The van der Waals surface area contributed by atoms with Crippen LogP contribution < -0.4 is 5.56 Å². The molecule has 4 rings (SSSR count). The highest BCUT2D eigenvalue weighted by Crippen LogP contribution is 2.39. The number of halogens is 2. The first-order valence-corrected chi connectivity index (χ1v) is 7.40. The molecule has 6 nitrogen and oxygen atoms in total. The molecule has 8 heteroatoms. The average molecular weight is 327 g/mol. The third-order valence-corrected chi connectivity index (χ3v) is 4.30. The number of fused-ring (bicyclic) bond motifs is 1. The zero-order valence-electron chi connectivity index (χ0n) is 12.3. The van der Waals surface area contributed by atoms with Crippen molar-refractivity contribution in [2.45, 2.75) is 18.8 Å². The van der Waals surface area contributed by atoms with Gasteiger partial charge >= 0.3 is 0 Å². The number of H-pyrrole nitrogens is 1. The lowest BCUT2D eigenvalue weighted by Crippen LogP contribution is -2.25. The molecule has 1 saturated carbocycles. The predicted molar refractivity (Wildman–Crippen MR) is 80.5 cm³/mol. The first-order valence-electron chi connectivity index (χ1n) is 7.40. The van der Waals surface area contributed by atoms with Gasteiger partial charge in [0, 0.05) is 17.9 Å². The van der Waals surface area contributed by atoms with E-state index in [0.29, 0.717) is 18.7 Å². The minimum absolute atomic E-state index is 0.00633. The van der Waals surface area contributed by atoms with Crippen molar-refractivity contribution < 1.29 is 8.78 Å². The van der Waals surface area contributed by atoms with Gasteiger partial charge in [-0.1, -0.05) is 0 Å². The summed E-state index contributed by atoms with van der Waals surface area (Å²) in [4.78, 5) is 19.3. The third-order valence-electron chi connectivity index (χ3n) is 4.30. The van der Waals surface area contributed by atoms with Crippen molar-refractivity contribution in [3.05, 3.63) is 52.2 Å². The fourth-order valence-electron chi connectivity index (χ4n) is 2.90. The van der Waals surface area contributed by atoms with E-state index in [1.54, 1.807) is 0 Å². The second-order valence-corrected chi connectivity index (χ2v) is 5.83. The second kappa shape index (κ2) is 5.23. The normalized spacial score (nSPS) is 19.9. The number of aromatic amines is 1. The van der Waals surface area contributed by atoms with Gasteiger partial charge in [0.1, 0.15) is 22.7 Å². The summed E-state index contributed by atoms with van der Waals surface area (Å²) in [5.41, 5.74) is -0.150. The van der Waals surface area contributed by atoms with E-state index in [9.17, 15) is 13.6 Å². The number of hydrogen-bond donors (Lipinski definition) is 1. The number of benzene rings is 1. The van der Waals surface area contributed by atoms with Crippen molar-refractivity contribution in [3.63, 3.8) is 0 Å². The Hall–Kier alpha value is -3.08. The molecule has 1 N–H and O–H groups in total. The Labute approximate surface area is 134 Å². The molecule has 0 spiro atoms. The largest absolute Gasteiger partial charge is 0.310 e. The van der Waals surface area contributed by atoms with E-state index in [1.165, 1.54) is 16.9 Å². The molecule has 2 aromatic heterocycles. The molecule has 1 aliphatic rings. The van der Waals surface area contributed by atoms with E-state index in [0.717, 1.165) is 12.1 Å². The summed E-state index contributed by atoms with van der Waals surface area (Å²) < 4.78 is 28.3. The highest BCUT2D eigenvalue weighted by molar-refractivity contribution is 5.75. The van der Waals surface area contributed by atoms with Gasteiger partial charge < -0.3 is 4.98 Å². The van der Waals surface area contributed by atoms with Gasteiger partial charge in [0.05, 0.1) is 12.3 Å². The van der Waals surface area contributed by atoms with Crippen LogP contribution in [0.5, 0.6) is 0 Å². The van der Waals surface area contributed by atoms with Gasteiger partial charge in [0.15, 0.2) is 11.5 Å². The molecule has 0 amide bonds. The number of aromatic nitrogens is 4. The number of nitrogens with zero attached hydrogens (tertiary/aromatic N) is 4. The average Bonchev–Trinajstić information content (AvgIpc) is 2.91. The van der Waals surface area contributed by atoms with Crippen LogP contribution in [-0.2, 0) is 0 Å². The lowest BCUT2D eigenvalue weighted by molar-refractivity contribution is 0.318. The molecule has 1 fully saturated rings. The molecule has 1 aromatic carbocycles. The molecule has 3 aromatic rings. The van der Waals surface area contributed by atoms with Gasteiger partial charge in [-0.05, 0) is 25.0 Å². The molecule has 0 unspecified atom stereocenters. The maximum atomic E-state index is 14.0. The second-order valence-electron chi connectivity index (χ2n) is 5.83. The topological polar surface area (TPSA) is 87.4 Å². The molecule has 0 aliphatic heterocycles. The van der Waals surface area contributed by atoms with Gasteiger partial charge in [-0.15, -0.1) is 0 Å². The first-order chi connectivity index (χ1) is 11.6. The summed E-state index contributed by atoms with van der Waals surface area (Å²) in [5.74, 6) is -1.07. The smallest absolute Gasteiger partial charge is 0.262 e. The number of hydrogen-bond acceptors (Lipinski definition) is 4. The van der Waals surface area contributed by atoms with Crippen LogP contribution in [0, 0.1) is 28.9 Å². The van der Waals surface area contributed by atoms with Gasteiger partial charge in [0.25, 0.3) is 5.56 Å².